The number of benzene rings is 1. The van der Waals surface area contributed by atoms with E-state index in [0.717, 1.165) is 30.9 Å². The minimum atomic E-state index is -0.220. The highest BCUT2D eigenvalue weighted by Crippen LogP contribution is 2.22. The van der Waals surface area contributed by atoms with E-state index < -0.39 is 0 Å². The number of para-hydroxylation sites is 1. The minimum Gasteiger partial charge on any atom is -0.477 e. The molecule has 1 aromatic carbocycles. The van der Waals surface area contributed by atoms with Gasteiger partial charge in [0.15, 0.2) is 0 Å². The molecule has 6 nitrogen and oxygen atoms in total. The summed E-state index contributed by atoms with van der Waals surface area (Å²) in [6.45, 7) is 9.03. The number of carbonyl (C=O) groups is 1. The average Bonchev–Trinajstić information content (AvgIpc) is 2.63. The van der Waals surface area contributed by atoms with Gasteiger partial charge in [-0.05, 0) is 44.5 Å². The quantitative estimate of drug-likeness (QED) is 0.846. The molecule has 1 aliphatic rings. The number of carbonyl (C=O) groups excluding carboxylic acids is 1. The van der Waals surface area contributed by atoms with Gasteiger partial charge >= 0.3 is 0 Å². The molecule has 144 valence electrons. The highest BCUT2D eigenvalue weighted by Gasteiger charge is 2.23. The Hall–Kier alpha value is -2.44. The van der Waals surface area contributed by atoms with Gasteiger partial charge in [0.25, 0.3) is 5.91 Å². The van der Waals surface area contributed by atoms with Crippen molar-refractivity contribution in [3.05, 3.63) is 53.7 Å². The van der Waals surface area contributed by atoms with E-state index in [2.05, 4.69) is 29.0 Å². The Morgan fingerprint density at radius 1 is 1.22 bits per heavy atom. The monoisotopic (exact) mass is 369 g/mol. The zero-order chi connectivity index (χ0) is 19.2. The van der Waals surface area contributed by atoms with Crippen LogP contribution in [0.25, 0.3) is 0 Å². The molecular formula is C21H27N3O3. The molecule has 1 aliphatic heterocycles. The predicted octanol–water partition coefficient (Wildman–Crippen LogP) is 3.34. The van der Waals surface area contributed by atoms with Gasteiger partial charge in [-0.25, -0.2) is 4.98 Å². The maximum absolute atomic E-state index is 12.8. The molecule has 1 aromatic heterocycles. The summed E-state index contributed by atoms with van der Waals surface area (Å²) in [4.78, 5) is 19.3. The minimum absolute atomic E-state index is 0.208. The first-order valence-electron chi connectivity index (χ1n) is 9.41. The molecule has 2 unspecified atom stereocenters. The van der Waals surface area contributed by atoms with Gasteiger partial charge in [-0.15, -0.1) is 0 Å². The van der Waals surface area contributed by atoms with E-state index in [1.54, 1.807) is 18.3 Å². The Morgan fingerprint density at radius 3 is 2.70 bits per heavy atom. The number of nitrogens with one attached hydrogen (secondary N) is 1. The zero-order valence-electron chi connectivity index (χ0n) is 16.1. The molecule has 1 amide bonds. The molecule has 0 aliphatic carbocycles. The lowest BCUT2D eigenvalue weighted by Gasteiger charge is -2.35. The molecule has 3 rings (SSSR count). The number of hydrogen-bond acceptors (Lipinski definition) is 5. The smallest absolute Gasteiger partial charge is 0.261 e. The summed E-state index contributed by atoms with van der Waals surface area (Å²) in [5, 5.41) is 3.02. The first-order valence-corrected chi connectivity index (χ1v) is 9.41. The first kappa shape index (κ1) is 19.3. The van der Waals surface area contributed by atoms with Gasteiger partial charge in [-0.3, -0.25) is 9.69 Å². The molecule has 1 N–H and O–H groups in total. The lowest BCUT2D eigenvalue weighted by molar-refractivity contribution is -0.0704. The lowest BCUT2D eigenvalue weighted by atomic mass is 10.1. The number of anilines is 1. The summed E-state index contributed by atoms with van der Waals surface area (Å²) in [6.07, 6.45) is 2.04. The van der Waals surface area contributed by atoms with Gasteiger partial charge in [0.05, 0.1) is 18.8 Å². The Labute approximate surface area is 160 Å². The van der Waals surface area contributed by atoms with E-state index >= 15 is 0 Å². The van der Waals surface area contributed by atoms with Crippen LogP contribution in [0.1, 0.15) is 36.7 Å². The SMILES string of the molecule is CCOc1ncccc1C(=O)Nc1ccccc1CN1CC(C)OC(C)C1. The fraction of sp³-hybridized carbons (Fsp3) is 0.429. The summed E-state index contributed by atoms with van der Waals surface area (Å²) in [5.74, 6) is 0.133. The molecule has 2 heterocycles. The van der Waals surface area contributed by atoms with Gasteiger partial charge in [0.1, 0.15) is 5.56 Å². The Morgan fingerprint density at radius 2 is 1.96 bits per heavy atom. The molecule has 2 aromatic rings. The van der Waals surface area contributed by atoms with Gasteiger partial charge in [-0.1, -0.05) is 18.2 Å². The second-order valence-electron chi connectivity index (χ2n) is 6.85. The predicted molar refractivity (Wildman–Crippen MR) is 105 cm³/mol. The van der Waals surface area contributed by atoms with Crippen LogP contribution in [-0.2, 0) is 11.3 Å². The van der Waals surface area contributed by atoms with Gasteiger partial charge < -0.3 is 14.8 Å². The summed E-state index contributed by atoms with van der Waals surface area (Å²) in [5.41, 5.74) is 2.32. The molecule has 0 saturated carbocycles. The molecule has 0 radical (unpaired) electrons. The van der Waals surface area contributed by atoms with E-state index in [1.165, 1.54) is 0 Å². The van der Waals surface area contributed by atoms with Crippen LogP contribution >= 0.6 is 0 Å². The van der Waals surface area contributed by atoms with E-state index in [-0.39, 0.29) is 18.1 Å². The van der Waals surface area contributed by atoms with Crippen LogP contribution < -0.4 is 10.1 Å². The number of nitrogens with zero attached hydrogens (tertiary/aromatic N) is 2. The van der Waals surface area contributed by atoms with E-state index in [9.17, 15) is 4.79 Å². The van der Waals surface area contributed by atoms with Crippen LogP contribution in [0.3, 0.4) is 0 Å². The first-order chi connectivity index (χ1) is 13.1. The van der Waals surface area contributed by atoms with Crippen molar-refractivity contribution in [3.8, 4) is 5.88 Å². The third kappa shape index (κ3) is 5.05. The molecule has 1 fully saturated rings. The number of aromatic nitrogens is 1. The van der Waals surface area contributed by atoms with Gasteiger partial charge in [0.2, 0.25) is 5.88 Å². The average molecular weight is 369 g/mol. The number of ether oxygens (including phenoxy) is 2. The fourth-order valence-corrected chi connectivity index (χ4v) is 3.44. The number of morpholine rings is 1. The highest BCUT2D eigenvalue weighted by molar-refractivity contribution is 6.06. The summed E-state index contributed by atoms with van der Waals surface area (Å²) in [7, 11) is 0. The van der Waals surface area contributed by atoms with Crippen molar-refractivity contribution in [1.82, 2.24) is 9.88 Å². The second kappa shape index (κ2) is 8.97. The highest BCUT2D eigenvalue weighted by atomic mass is 16.5. The Bertz CT molecular complexity index is 771. The van der Waals surface area contributed by atoms with E-state index in [0.29, 0.717) is 18.1 Å². The van der Waals surface area contributed by atoms with Crippen LogP contribution in [-0.4, -0.2) is 47.7 Å². The van der Waals surface area contributed by atoms with Crippen LogP contribution in [0.2, 0.25) is 0 Å². The summed E-state index contributed by atoms with van der Waals surface area (Å²) < 4.78 is 11.3. The van der Waals surface area contributed by atoms with Gasteiger partial charge in [0, 0.05) is 31.5 Å². The maximum atomic E-state index is 12.8. The third-order valence-corrected chi connectivity index (χ3v) is 4.45. The number of pyridine rings is 1. The third-order valence-electron chi connectivity index (χ3n) is 4.45. The summed E-state index contributed by atoms with van der Waals surface area (Å²) in [6, 6.07) is 11.4. The normalized spacial score (nSPS) is 20.3. The zero-order valence-corrected chi connectivity index (χ0v) is 16.1. The number of hydrogen-bond donors (Lipinski definition) is 1. The molecule has 0 bridgehead atoms. The van der Waals surface area contributed by atoms with E-state index in [1.807, 2.05) is 31.2 Å². The molecule has 27 heavy (non-hydrogen) atoms. The standard InChI is InChI=1S/C21H27N3O3/c1-4-26-21-18(9-7-11-22-21)20(25)23-19-10-6-5-8-17(19)14-24-12-15(2)27-16(3)13-24/h5-11,15-16H,4,12-14H2,1-3H3,(H,23,25). The van der Waals surface area contributed by atoms with Crippen molar-refractivity contribution >= 4 is 11.6 Å². The second-order valence-corrected chi connectivity index (χ2v) is 6.85. The Balaban J connectivity index is 1.75. The van der Waals surface area contributed by atoms with Crippen molar-refractivity contribution in [2.24, 2.45) is 0 Å². The van der Waals surface area contributed by atoms with Crippen molar-refractivity contribution in [2.45, 2.75) is 39.5 Å². The molecular weight excluding hydrogens is 342 g/mol. The molecule has 1 saturated heterocycles. The largest absolute Gasteiger partial charge is 0.477 e. The van der Waals surface area contributed by atoms with Gasteiger partial charge in [-0.2, -0.15) is 0 Å². The molecule has 0 spiro atoms. The van der Waals surface area contributed by atoms with Crippen molar-refractivity contribution in [3.63, 3.8) is 0 Å². The van der Waals surface area contributed by atoms with Crippen molar-refractivity contribution in [1.29, 1.82) is 0 Å². The topological polar surface area (TPSA) is 63.7 Å². The molecule has 2 atom stereocenters. The fourth-order valence-electron chi connectivity index (χ4n) is 3.44. The van der Waals surface area contributed by atoms with Crippen LogP contribution in [0.5, 0.6) is 5.88 Å². The Kier molecular flexibility index (Phi) is 6.42. The number of amides is 1. The van der Waals surface area contributed by atoms with Crippen LogP contribution in [0.15, 0.2) is 42.6 Å². The van der Waals surface area contributed by atoms with Crippen molar-refractivity contribution < 1.29 is 14.3 Å². The van der Waals surface area contributed by atoms with Crippen LogP contribution in [0, 0.1) is 0 Å². The maximum Gasteiger partial charge on any atom is 0.261 e. The molecule has 6 heteroatoms. The van der Waals surface area contributed by atoms with Crippen LogP contribution in [0.4, 0.5) is 5.69 Å². The number of rotatable bonds is 6. The van der Waals surface area contributed by atoms with E-state index in [4.69, 9.17) is 9.47 Å². The lowest BCUT2D eigenvalue weighted by Crippen LogP contribution is -2.44. The summed E-state index contributed by atoms with van der Waals surface area (Å²) >= 11 is 0. The van der Waals surface area contributed by atoms with Crippen molar-refractivity contribution in [2.75, 3.05) is 25.0 Å².